The second kappa shape index (κ2) is 4.01. The molecule has 0 saturated heterocycles. The average Bonchev–Trinajstić information content (AvgIpc) is 2.08. The van der Waals surface area contributed by atoms with E-state index in [0.29, 0.717) is 16.2 Å². The van der Waals surface area contributed by atoms with Crippen molar-refractivity contribution in [2.75, 3.05) is 7.11 Å². The monoisotopic (exact) mass is 291 g/mol. The number of thiol groups is 1. The number of nitrogens with zero attached hydrogens (tertiary/aromatic N) is 1. The van der Waals surface area contributed by atoms with Crippen molar-refractivity contribution in [2.24, 2.45) is 0 Å². The van der Waals surface area contributed by atoms with Crippen LogP contribution in [0.1, 0.15) is 5.56 Å². The number of rotatable bonds is 1. The first-order valence-corrected chi connectivity index (χ1v) is 4.69. The quantitative estimate of drug-likeness (QED) is 0.637. The maximum atomic E-state index is 8.77. The molecule has 1 aromatic carbocycles. The van der Waals surface area contributed by atoms with E-state index in [0.717, 1.165) is 3.57 Å². The minimum absolute atomic E-state index is 0.493. The summed E-state index contributed by atoms with van der Waals surface area (Å²) in [6, 6.07) is 5.70. The van der Waals surface area contributed by atoms with Crippen molar-refractivity contribution in [1.82, 2.24) is 0 Å². The molecule has 0 unspecified atom stereocenters. The molecule has 2 nitrogen and oxygen atoms in total. The second-order valence-corrected chi connectivity index (χ2v) is 3.73. The van der Waals surface area contributed by atoms with Crippen LogP contribution in [-0.2, 0) is 0 Å². The minimum atomic E-state index is 0.493. The number of benzene rings is 1. The van der Waals surface area contributed by atoms with E-state index in [9.17, 15) is 0 Å². The zero-order chi connectivity index (χ0) is 9.14. The van der Waals surface area contributed by atoms with Crippen LogP contribution < -0.4 is 4.74 Å². The molecule has 0 aliphatic heterocycles. The molecule has 0 saturated carbocycles. The van der Waals surface area contributed by atoms with E-state index >= 15 is 0 Å². The minimum Gasteiger partial charge on any atom is -0.494 e. The van der Waals surface area contributed by atoms with Crippen molar-refractivity contribution in [1.29, 1.82) is 5.26 Å². The van der Waals surface area contributed by atoms with Gasteiger partial charge in [-0.25, -0.2) is 0 Å². The van der Waals surface area contributed by atoms with Gasteiger partial charge in [-0.05, 0) is 34.7 Å². The van der Waals surface area contributed by atoms with E-state index in [1.54, 1.807) is 13.2 Å². The van der Waals surface area contributed by atoms with Crippen molar-refractivity contribution in [3.05, 3.63) is 21.3 Å². The molecule has 1 rings (SSSR count). The largest absolute Gasteiger partial charge is 0.494 e. The first-order chi connectivity index (χ1) is 5.70. The van der Waals surface area contributed by atoms with Crippen LogP contribution in [-0.4, -0.2) is 7.11 Å². The summed E-state index contributed by atoms with van der Waals surface area (Å²) in [4.78, 5) is 0.648. The molecule has 12 heavy (non-hydrogen) atoms. The summed E-state index contributed by atoms with van der Waals surface area (Å²) in [5, 5.41) is 8.77. The van der Waals surface area contributed by atoms with Crippen LogP contribution >= 0.6 is 35.2 Å². The van der Waals surface area contributed by atoms with Crippen molar-refractivity contribution in [2.45, 2.75) is 4.90 Å². The molecular formula is C8H6INOS. The maximum Gasteiger partial charge on any atom is 0.151 e. The fourth-order valence-corrected chi connectivity index (χ4v) is 1.75. The summed E-state index contributed by atoms with van der Waals surface area (Å²) in [5.41, 5.74) is 0.493. The number of ether oxygens (including phenoxy) is 1. The van der Waals surface area contributed by atoms with Crippen molar-refractivity contribution >= 4 is 35.2 Å². The van der Waals surface area contributed by atoms with Gasteiger partial charge in [-0.2, -0.15) is 5.26 Å². The van der Waals surface area contributed by atoms with Gasteiger partial charge in [0, 0.05) is 4.90 Å². The normalized spacial score (nSPS) is 9.17. The highest BCUT2D eigenvalue weighted by Gasteiger charge is 2.09. The number of hydrogen-bond acceptors (Lipinski definition) is 3. The Morgan fingerprint density at radius 1 is 1.58 bits per heavy atom. The van der Waals surface area contributed by atoms with Gasteiger partial charge in [0.1, 0.15) is 11.6 Å². The molecule has 0 bridgehead atoms. The van der Waals surface area contributed by atoms with Gasteiger partial charge in [0.05, 0.1) is 10.7 Å². The summed E-state index contributed by atoms with van der Waals surface area (Å²) in [6.45, 7) is 0. The van der Waals surface area contributed by atoms with Crippen LogP contribution in [0.4, 0.5) is 0 Å². The van der Waals surface area contributed by atoms with E-state index < -0.39 is 0 Å². The maximum absolute atomic E-state index is 8.77. The molecule has 0 radical (unpaired) electrons. The Morgan fingerprint density at radius 3 is 2.67 bits per heavy atom. The number of nitriles is 1. The van der Waals surface area contributed by atoms with Gasteiger partial charge in [0.15, 0.2) is 5.75 Å². The Morgan fingerprint density at radius 2 is 2.25 bits per heavy atom. The molecular weight excluding hydrogens is 285 g/mol. The lowest BCUT2D eigenvalue weighted by Gasteiger charge is -2.06. The van der Waals surface area contributed by atoms with E-state index in [1.165, 1.54) is 0 Å². The summed E-state index contributed by atoms with van der Waals surface area (Å²) < 4.78 is 5.99. The number of hydrogen-bond donors (Lipinski definition) is 1. The first-order valence-electron chi connectivity index (χ1n) is 3.16. The molecule has 0 heterocycles. The predicted octanol–water partition coefficient (Wildman–Crippen LogP) is 2.46. The molecule has 0 fully saturated rings. The van der Waals surface area contributed by atoms with E-state index in [4.69, 9.17) is 10.00 Å². The van der Waals surface area contributed by atoms with Crippen molar-refractivity contribution in [3.63, 3.8) is 0 Å². The molecule has 0 atom stereocenters. The van der Waals surface area contributed by atoms with Gasteiger partial charge in [-0.3, -0.25) is 0 Å². The van der Waals surface area contributed by atoms with Crippen LogP contribution in [0.3, 0.4) is 0 Å². The Bertz CT molecular complexity index is 346. The van der Waals surface area contributed by atoms with Gasteiger partial charge >= 0.3 is 0 Å². The predicted molar refractivity (Wildman–Crippen MR) is 57.7 cm³/mol. The van der Waals surface area contributed by atoms with E-state index in [1.807, 2.05) is 12.1 Å². The van der Waals surface area contributed by atoms with Crippen molar-refractivity contribution < 1.29 is 4.74 Å². The van der Waals surface area contributed by atoms with Gasteiger partial charge < -0.3 is 4.74 Å². The Balaban J connectivity index is 3.41. The molecule has 1 aromatic rings. The zero-order valence-electron chi connectivity index (χ0n) is 6.34. The zero-order valence-corrected chi connectivity index (χ0v) is 9.39. The third-order valence-electron chi connectivity index (χ3n) is 1.40. The highest BCUT2D eigenvalue weighted by Crippen LogP contribution is 2.29. The lowest BCUT2D eigenvalue weighted by molar-refractivity contribution is 0.409. The molecule has 0 aromatic heterocycles. The lowest BCUT2D eigenvalue weighted by atomic mass is 10.2. The third-order valence-corrected chi connectivity index (χ3v) is 2.63. The van der Waals surface area contributed by atoms with E-state index in [2.05, 4.69) is 35.2 Å². The summed E-state index contributed by atoms with van der Waals surface area (Å²) in [6.07, 6.45) is 0. The SMILES string of the molecule is COc1c(I)ccc(S)c1C#N. The third kappa shape index (κ3) is 1.67. The van der Waals surface area contributed by atoms with Gasteiger partial charge in [0.2, 0.25) is 0 Å². The highest BCUT2D eigenvalue weighted by atomic mass is 127. The summed E-state index contributed by atoms with van der Waals surface area (Å²) >= 11 is 6.26. The lowest BCUT2D eigenvalue weighted by Crippen LogP contribution is -1.92. The first kappa shape index (κ1) is 9.68. The standard InChI is InChI=1S/C8H6INOS/c1-11-8-5(4-10)7(12)3-2-6(8)9/h2-3,12H,1H3. The highest BCUT2D eigenvalue weighted by molar-refractivity contribution is 14.1. The fraction of sp³-hybridized carbons (Fsp3) is 0.125. The number of halogens is 1. The topological polar surface area (TPSA) is 33.0 Å². The molecule has 0 N–H and O–H groups in total. The molecule has 0 aliphatic carbocycles. The summed E-state index contributed by atoms with van der Waals surface area (Å²) in [5.74, 6) is 0.602. The Kier molecular flexibility index (Phi) is 3.23. The van der Waals surface area contributed by atoms with Crippen LogP contribution in [0.2, 0.25) is 0 Å². The fourth-order valence-electron chi connectivity index (χ4n) is 0.854. The molecule has 4 heteroatoms. The van der Waals surface area contributed by atoms with Gasteiger partial charge in [-0.1, -0.05) is 0 Å². The molecule has 0 amide bonds. The van der Waals surface area contributed by atoms with Crippen molar-refractivity contribution in [3.8, 4) is 11.8 Å². The van der Waals surface area contributed by atoms with Crippen LogP contribution in [0.15, 0.2) is 17.0 Å². The summed E-state index contributed by atoms with van der Waals surface area (Å²) in [7, 11) is 1.55. The van der Waals surface area contributed by atoms with Gasteiger partial charge in [0.25, 0.3) is 0 Å². The van der Waals surface area contributed by atoms with Gasteiger partial charge in [-0.15, -0.1) is 12.6 Å². The van der Waals surface area contributed by atoms with Crippen LogP contribution in [0, 0.1) is 14.9 Å². The Labute approximate surface area is 90.1 Å². The number of methoxy groups -OCH3 is 1. The average molecular weight is 291 g/mol. The Hall–Kier alpha value is -0.410. The van der Waals surface area contributed by atoms with E-state index in [-0.39, 0.29) is 0 Å². The molecule has 0 aliphatic rings. The second-order valence-electron chi connectivity index (χ2n) is 2.09. The molecule has 62 valence electrons. The smallest absolute Gasteiger partial charge is 0.151 e. The molecule has 0 spiro atoms. The van der Waals surface area contributed by atoms with Crippen LogP contribution in [0.5, 0.6) is 5.75 Å². The van der Waals surface area contributed by atoms with Crippen LogP contribution in [0.25, 0.3) is 0 Å².